The third-order valence-corrected chi connectivity index (χ3v) is 5.19. The topological polar surface area (TPSA) is 97.2 Å². The van der Waals surface area contributed by atoms with Crippen LogP contribution in [0.2, 0.25) is 0 Å². The molecule has 2 aromatic heterocycles. The summed E-state index contributed by atoms with van der Waals surface area (Å²) in [6.07, 6.45) is 2.95. The van der Waals surface area contributed by atoms with Gasteiger partial charge in [0.2, 0.25) is 11.9 Å². The lowest BCUT2D eigenvalue weighted by Gasteiger charge is -2.32. The van der Waals surface area contributed by atoms with E-state index in [9.17, 15) is 4.79 Å². The molecule has 2 unspecified atom stereocenters. The molecule has 0 bridgehead atoms. The van der Waals surface area contributed by atoms with Crippen LogP contribution in [0.5, 0.6) is 0 Å². The number of rotatable bonds is 4. The van der Waals surface area contributed by atoms with E-state index >= 15 is 0 Å². The predicted molar refractivity (Wildman–Crippen MR) is 102 cm³/mol. The Labute approximate surface area is 158 Å². The van der Waals surface area contributed by atoms with Gasteiger partial charge in [0.1, 0.15) is 11.7 Å². The third kappa shape index (κ3) is 3.46. The summed E-state index contributed by atoms with van der Waals surface area (Å²) in [5.74, 6) is 1.25. The van der Waals surface area contributed by atoms with Gasteiger partial charge in [0.15, 0.2) is 5.82 Å². The molecule has 2 aliphatic heterocycles. The molecule has 1 fully saturated rings. The molecule has 4 heterocycles. The molecule has 1 amide bonds. The highest BCUT2D eigenvalue weighted by atomic mass is 16.5. The molecule has 0 aliphatic carbocycles. The molecule has 2 N–H and O–H groups in total. The van der Waals surface area contributed by atoms with Crippen molar-refractivity contribution < 1.29 is 9.53 Å². The standard InChI is InChI=1S/C18H25N7O2/c1-10-5-6-25(23-10)8-14-7-13(9-27-14)20-18-19-11(2)15-16(22-18)24(4)12(3)17(26)21-15/h5-6,12-14H,7-9H2,1-4H3,(H,21,26)(H,19,20,22)/t12-,13?,14?/m0/s1. The van der Waals surface area contributed by atoms with Crippen LogP contribution < -0.4 is 15.5 Å². The second kappa shape index (κ2) is 6.80. The van der Waals surface area contributed by atoms with Crippen LogP contribution in [0, 0.1) is 13.8 Å². The van der Waals surface area contributed by atoms with Gasteiger partial charge in [-0.05, 0) is 33.3 Å². The van der Waals surface area contributed by atoms with Crippen LogP contribution in [0.4, 0.5) is 17.5 Å². The van der Waals surface area contributed by atoms with E-state index in [1.165, 1.54) is 0 Å². The van der Waals surface area contributed by atoms with Crippen LogP contribution in [0.25, 0.3) is 0 Å². The van der Waals surface area contributed by atoms with Crippen molar-refractivity contribution in [3.8, 4) is 0 Å². The van der Waals surface area contributed by atoms with Crippen molar-refractivity contribution in [1.82, 2.24) is 19.7 Å². The van der Waals surface area contributed by atoms with Crippen molar-refractivity contribution in [1.29, 1.82) is 0 Å². The van der Waals surface area contributed by atoms with E-state index in [-0.39, 0.29) is 24.1 Å². The SMILES string of the molecule is Cc1ccn(CC2CC(Nc3nc(C)c4c(n3)N(C)[C@@H](C)C(=O)N4)CO2)n1. The number of ether oxygens (including phenoxy) is 1. The Bertz CT molecular complexity index is 865. The molecule has 0 aromatic carbocycles. The molecule has 0 radical (unpaired) electrons. The first-order chi connectivity index (χ1) is 12.9. The highest BCUT2D eigenvalue weighted by Crippen LogP contribution is 2.32. The molecule has 4 rings (SSSR count). The summed E-state index contributed by atoms with van der Waals surface area (Å²) >= 11 is 0. The first kappa shape index (κ1) is 17.7. The van der Waals surface area contributed by atoms with Gasteiger partial charge in [0.25, 0.3) is 0 Å². The highest BCUT2D eigenvalue weighted by molar-refractivity contribution is 6.03. The summed E-state index contributed by atoms with van der Waals surface area (Å²) in [4.78, 5) is 23.1. The summed E-state index contributed by atoms with van der Waals surface area (Å²) < 4.78 is 7.82. The molecule has 0 spiro atoms. The lowest BCUT2D eigenvalue weighted by molar-refractivity contribution is -0.117. The summed E-state index contributed by atoms with van der Waals surface area (Å²) in [6, 6.07) is 1.87. The van der Waals surface area contributed by atoms with Crippen LogP contribution in [0.15, 0.2) is 12.3 Å². The molecular weight excluding hydrogens is 346 g/mol. The van der Waals surface area contributed by atoms with E-state index in [4.69, 9.17) is 4.74 Å². The van der Waals surface area contributed by atoms with E-state index < -0.39 is 0 Å². The molecule has 144 valence electrons. The third-order valence-electron chi connectivity index (χ3n) is 5.19. The molecule has 1 saturated heterocycles. The van der Waals surface area contributed by atoms with Gasteiger partial charge in [0, 0.05) is 13.2 Å². The van der Waals surface area contributed by atoms with Crippen molar-refractivity contribution in [2.45, 2.75) is 51.9 Å². The normalized spacial score (nSPS) is 24.7. The van der Waals surface area contributed by atoms with E-state index in [1.54, 1.807) is 0 Å². The predicted octanol–water partition coefficient (Wildman–Crippen LogP) is 1.34. The first-order valence-corrected chi connectivity index (χ1v) is 9.21. The lowest BCUT2D eigenvalue weighted by Crippen LogP contribution is -2.45. The number of aromatic nitrogens is 4. The van der Waals surface area contributed by atoms with Crippen molar-refractivity contribution >= 4 is 23.4 Å². The highest BCUT2D eigenvalue weighted by Gasteiger charge is 2.31. The minimum atomic E-state index is -0.267. The maximum Gasteiger partial charge on any atom is 0.246 e. The summed E-state index contributed by atoms with van der Waals surface area (Å²) in [7, 11) is 1.87. The maximum atomic E-state index is 12.0. The number of amides is 1. The lowest BCUT2D eigenvalue weighted by atomic mass is 10.1. The van der Waals surface area contributed by atoms with Crippen LogP contribution in [0.3, 0.4) is 0 Å². The number of nitrogens with zero attached hydrogens (tertiary/aromatic N) is 5. The number of likely N-dealkylation sites (N-methyl/N-ethyl adjacent to an activating group) is 1. The van der Waals surface area contributed by atoms with E-state index in [1.807, 2.05) is 49.7 Å². The first-order valence-electron chi connectivity index (χ1n) is 9.21. The van der Waals surface area contributed by atoms with E-state index in [2.05, 4.69) is 25.7 Å². The fraction of sp³-hybridized carbons (Fsp3) is 0.556. The zero-order chi connectivity index (χ0) is 19.1. The Balaban J connectivity index is 1.44. The minimum absolute atomic E-state index is 0.0432. The zero-order valence-corrected chi connectivity index (χ0v) is 16.1. The molecule has 27 heavy (non-hydrogen) atoms. The molecule has 2 aromatic rings. The van der Waals surface area contributed by atoms with Crippen LogP contribution >= 0.6 is 0 Å². The van der Waals surface area contributed by atoms with Gasteiger partial charge in [-0.3, -0.25) is 9.48 Å². The van der Waals surface area contributed by atoms with Crippen molar-refractivity contribution in [3.05, 3.63) is 23.7 Å². The fourth-order valence-electron chi connectivity index (χ4n) is 3.50. The molecule has 2 aliphatic rings. The molecule has 3 atom stereocenters. The second-order valence-electron chi connectivity index (χ2n) is 7.32. The average molecular weight is 371 g/mol. The smallest absolute Gasteiger partial charge is 0.246 e. The molecule has 9 nitrogen and oxygen atoms in total. The second-order valence-corrected chi connectivity index (χ2v) is 7.32. The fourth-order valence-corrected chi connectivity index (χ4v) is 3.50. The zero-order valence-electron chi connectivity index (χ0n) is 16.1. The molecule has 0 saturated carbocycles. The quantitative estimate of drug-likeness (QED) is 0.837. The summed E-state index contributed by atoms with van der Waals surface area (Å²) in [6.45, 7) is 7.06. The Morgan fingerprint density at radius 3 is 2.93 bits per heavy atom. The van der Waals surface area contributed by atoms with Gasteiger partial charge >= 0.3 is 0 Å². The summed E-state index contributed by atoms with van der Waals surface area (Å²) in [5, 5.41) is 10.7. The van der Waals surface area contributed by atoms with Gasteiger partial charge in [-0.25, -0.2) is 4.98 Å². The Kier molecular flexibility index (Phi) is 4.47. The van der Waals surface area contributed by atoms with Crippen molar-refractivity contribution in [2.75, 3.05) is 29.2 Å². The number of hydrogen-bond donors (Lipinski definition) is 2. The summed E-state index contributed by atoms with van der Waals surface area (Å²) in [5.41, 5.74) is 2.43. The van der Waals surface area contributed by atoms with Gasteiger partial charge in [-0.1, -0.05) is 0 Å². The van der Waals surface area contributed by atoms with Crippen molar-refractivity contribution in [3.63, 3.8) is 0 Å². The number of fused-ring (bicyclic) bond motifs is 1. The number of nitrogens with one attached hydrogen (secondary N) is 2. The largest absolute Gasteiger partial charge is 0.374 e. The van der Waals surface area contributed by atoms with E-state index in [0.29, 0.717) is 18.2 Å². The van der Waals surface area contributed by atoms with Gasteiger partial charge < -0.3 is 20.3 Å². The number of carbonyl (C=O) groups excluding carboxylic acids is 1. The monoisotopic (exact) mass is 371 g/mol. The average Bonchev–Trinajstić information content (AvgIpc) is 3.23. The Hall–Kier alpha value is -2.68. The van der Waals surface area contributed by atoms with Crippen LogP contribution in [-0.4, -0.2) is 57.5 Å². The van der Waals surface area contributed by atoms with Gasteiger partial charge in [-0.15, -0.1) is 0 Å². The maximum absolute atomic E-state index is 12.0. The Morgan fingerprint density at radius 1 is 1.37 bits per heavy atom. The number of carbonyl (C=O) groups is 1. The molecular formula is C18H25N7O2. The van der Waals surface area contributed by atoms with Crippen LogP contribution in [0.1, 0.15) is 24.7 Å². The van der Waals surface area contributed by atoms with Gasteiger partial charge in [0.05, 0.1) is 36.7 Å². The van der Waals surface area contributed by atoms with E-state index in [0.717, 1.165) is 30.2 Å². The number of aryl methyl sites for hydroxylation is 2. The minimum Gasteiger partial charge on any atom is -0.374 e. The molecule has 9 heteroatoms. The van der Waals surface area contributed by atoms with Crippen LogP contribution in [-0.2, 0) is 16.1 Å². The number of anilines is 3. The van der Waals surface area contributed by atoms with Gasteiger partial charge in [-0.2, -0.15) is 10.1 Å². The Morgan fingerprint density at radius 2 is 2.19 bits per heavy atom. The number of hydrogen-bond acceptors (Lipinski definition) is 7. The van der Waals surface area contributed by atoms with Crippen molar-refractivity contribution in [2.24, 2.45) is 0 Å².